The van der Waals surface area contributed by atoms with Crippen molar-refractivity contribution in [2.45, 2.75) is 34.6 Å². The number of rotatable bonds is 5. The molecule has 3 heteroatoms. The zero-order chi connectivity index (χ0) is 21.8. The third-order valence-electron chi connectivity index (χ3n) is 5.16. The summed E-state index contributed by atoms with van der Waals surface area (Å²) < 4.78 is 5.82. The van der Waals surface area contributed by atoms with E-state index in [1.54, 1.807) is 24.3 Å². The second kappa shape index (κ2) is 8.88. The number of hydrogen-bond donors (Lipinski definition) is 1. The molecule has 3 aromatic carbocycles. The molecule has 0 heterocycles. The molecule has 0 saturated carbocycles. The van der Waals surface area contributed by atoms with E-state index in [9.17, 15) is 4.79 Å². The lowest BCUT2D eigenvalue weighted by atomic mass is 9.90. The van der Waals surface area contributed by atoms with Gasteiger partial charge in [0.2, 0.25) is 0 Å². The molecule has 0 aliphatic rings. The average molecular weight is 398 g/mol. The van der Waals surface area contributed by atoms with Crippen molar-refractivity contribution in [3.05, 3.63) is 81.9 Å². The molecule has 3 nitrogen and oxygen atoms in total. The fraction of sp³-hybridized carbons (Fsp3) is 0.222. The summed E-state index contributed by atoms with van der Waals surface area (Å²) in [4.78, 5) is 12.3. The number of benzene rings is 3. The number of carbonyl (C=O) groups excluding carboxylic acids is 1. The molecule has 0 aliphatic heterocycles. The lowest BCUT2D eigenvalue weighted by molar-refractivity contribution is -0.118. The van der Waals surface area contributed by atoms with Gasteiger partial charge in [-0.25, -0.2) is 0 Å². The monoisotopic (exact) mass is 397 g/mol. The van der Waals surface area contributed by atoms with E-state index in [1.165, 1.54) is 27.8 Å². The maximum absolute atomic E-state index is 12.3. The van der Waals surface area contributed by atoms with Crippen molar-refractivity contribution in [3.63, 3.8) is 0 Å². The van der Waals surface area contributed by atoms with Gasteiger partial charge in [-0.15, -0.1) is 6.42 Å². The number of anilines is 1. The first-order chi connectivity index (χ1) is 14.3. The third kappa shape index (κ3) is 4.72. The maximum atomic E-state index is 12.3. The highest BCUT2D eigenvalue weighted by atomic mass is 16.5. The second-order valence-corrected chi connectivity index (χ2v) is 7.76. The molecular formula is C27H27NO2. The van der Waals surface area contributed by atoms with Crippen LogP contribution in [0.25, 0.3) is 11.1 Å². The predicted molar refractivity (Wildman–Crippen MR) is 124 cm³/mol. The Hall–Kier alpha value is -3.51. The van der Waals surface area contributed by atoms with Crippen molar-refractivity contribution in [2.75, 3.05) is 11.9 Å². The number of aryl methyl sites for hydroxylation is 5. The van der Waals surface area contributed by atoms with Crippen LogP contribution in [-0.2, 0) is 4.79 Å². The van der Waals surface area contributed by atoms with E-state index in [-0.39, 0.29) is 12.5 Å². The Bertz CT molecular complexity index is 1110. The van der Waals surface area contributed by atoms with Crippen LogP contribution in [0.1, 0.15) is 33.4 Å². The normalized spacial score (nSPS) is 10.4. The van der Waals surface area contributed by atoms with Gasteiger partial charge in [-0.1, -0.05) is 23.6 Å². The van der Waals surface area contributed by atoms with E-state index in [0.717, 1.165) is 22.4 Å². The Balaban J connectivity index is 1.74. The van der Waals surface area contributed by atoms with Crippen molar-refractivity contribution in [2.24, 2.45) is 0 Å². The van der Waals surface area contributed by atoms with Crippen LogP contribution in [0.5, 0.6) is 5.75 Å². The van der Waals surface area contributed by atoms with Crippen molar-refractivity contribution in [1.29, 1.82) is 0 Å². The quantitative estimate of drug-likeness (QED) is 0.545. The van der Waals surface area contributed by atoms with Crippen LogP contribution in [0.2, 0.25) is 0 Å². The van der Waals surface area contributed by atoms with E-state index < -0.39 is 0 Å². The topological polar surface area (TPSA) is 38.3 Å². The highest BCUT2D eigenvalue weighted by molar-refractivity contribution is 5.92. The fourth-order valence-electron chi connectivity index (χ4n) is 3.81. The van der Waals surface area contributed by atoms with Gasteiger partial charge in [0.15, 0.2) is 6.61 Å². The van der Waals surface area contributed by atoms with Crippen LogP contribution >= 0.6 is 0 Å². The second-order valence-electron chi connectivity index (χ2n) is 7.76. The molecule has 0 aliphatic carbocycles. The first-order valence-corrected chi connectivity index (χ1v) is 9.97. The van der Waals surface area contributed by atoms with Crippen molar-refractivity contribution in [1.82, 2.24) is 0 Å². The van der Waals surface area contributed by atoms with Gasteiger partial charge in [0.1, 0.15) is 5.75 Å². The molecule has 0 fully saturated rings. The van der Waals surface area contributed by atoms with Crippen LogP contribution in [0, 0.1) is 47.0 Å². The SMILES string of the molecule is C#Cc1ccc(NC(=O)COc2cc(C)c(-c3c(C)cc(C)cc3C)cc2C)cc1. The van der Waals surface area contributed by atoms with Gasteiger partial charge in [0.05, 0.1) is 0 Å². The predicted octanol–water partition coefficient (Wildman–Crippen LogP) is 5.89. The molecule has 0 aromatic heterocycles. The number of hydrogen-bond acceptors (Lipinski definition) is 2. The van der Waals surface area contributed by atoms with E-state index in [2.05, 4.69) is 57.1 Å². The molecule has 0 bridgehead atoms. The number of terminal acetylenes is 1. The summed E-state index contributed by atoms with van der Waals surface area (Å²) in [6.45, 7) is 10.4. The van der Waals surface area contributed by atoms with E-state index in [0.29, 0.717) is 5.69 Å². The highest BCUT2D eigenvalue weighted by Gasteiger charge is 2.13. The van der Waals surface area contributed by atoms with Crippen molar-refractivity contribution in [3.8, 4) is 29.2 Å². The molecule has 3 aromatic rings. The first kappa shape index (κ1) is 21.2. The van der Waals surface area contributed by atoms with E-state index >= 15 is 0 Å². The summed E-state index contributed by atoms with van der Waals surface area (Å²) in [5.74, 6) is 3.06. The van der Waals surface area contributed by atoms with E-state index in [4.69, 9.17) is 11.2 Å². The minimum absolute atomic E-state index is 0.0564. The minimum atomic E-state index is -0.213. The Morgan fingerprint density at radius 3 is 2.13 bits per heavy atom. The largest absolute Gasteiger partial charge is 0.483 e. The minimum Gasteiger partial charge on any atom is -0.483 e. The van der Waals surface area contributed by atoms with Crippen LogP contribution in [-0.4, -0.2) is 12.5 Å². The molecule has 30 heavy (non-hydrogen) atoms. The van der Waals surface area contributed by atoms with E-state index in [1.807, 2.05) is 13.0 Å². The van der Waals surface area contributed by atoms with Crippen molar-refractivity contribution < 1.29 is 9.53 Å². The zero-order valence-electron chi connectivity index (χ0n) is 18.2. The first-order valence-electron chi connectivity index (χ1n) is 9.97. The summed E-state index contributed by atoms with van der Waals surface area (Å²) in [5.41, 5.74) is 9.84. The van der Waals surface area contributed by atoms with Crippen LogP contribution in [0.3, 0.4) is 0 Å². The molecule has 1 amide bonds. The Morgan fingerprint density at radius 2 is 1.53 bits per heavy atom. The third-order valence-corrected chi connectivity index (χ3v) is 5.16. The van der Waals surface area contributed by atoms with Gasteiger partial charge < -0.3 is 10.1 Å². The maximum Gasteiger partial charge on any atom is 0.262 e. The Labute approximate surface area is 179 Å². The lowest BCUT2D eigenvalue weighted by Crippen LogP contribution is -2.20. The number of ether oxygens (including phenoxy) is 1. The molecule has 0 spiro atoms. The molecule has 152 valence electrons. The molecule has 0 radical (unpaired) electrons. The molecule has 0 saturated heterocycles. The number of nitrogens with one attached hydrogen (secondary N) is 1. The van der Waals surface area contributed by atoms with Gasteiger partial charge in [-0.05, 0) is 104 Å². The van der Waals surface area contributed by atoms with Crippen LogP contribution in [0.4, 0.5) is 5.69 Å². The molecule has 0 unspecified atom stereocenters. The summed E-state index contributed by atoms with van der Waals surface area (Å²) in [5, 5.41) is 2.82. The number of amides is 1. The average Bonchev–Trinajstić information content (AvgIpc) is 2.69. The highest BCUT2D eigenvalue weighted by Crippen LogP contribution is 2.34. The summed E-state index contributed by atoms with van der Waals surface area (Å²) in [6, 6.07) is 15.7. The zero-order valence-corrected chi connectivity index (χ0v) is 18.2. The van der Waals surface area contributed by atoms with Gasteiger partial charge >= 0.3 is 0 Å². The standard InChI is InChI=1S/C27H27NO2/c1-7-22-8-10-23(11-9-22)28-26(29)16-30-25-15-18(3)24(14-19(25)4)27-20(5)12-17(2)13-21(27)6/h1,8-15H,16H2,2-6H3,(H,28,29). The number of carbonyl (C=O) groups is 1. The van der Waals surface area contributed by atoms with Gasteiger partial charge in [0.25, 0.3) is 5.91 Å². The molecular weight excluding hydrogens is 370 g/mol. The van der Waals surface area contributed by atoms with Crippen molar-refractivity contribution >= 4 is 11.6 Å². The van der Waals surface area contributed by atoms with Crippen LogP contribution < -0.4 is 10.1 Å². The summed E-state index contributed by atoms with van der Waals surface area (Å²) in [6.07, 6.45) is 5.35. The summed E-state index contributed by atoms with van der Waals surface area (Å²) >= 11 is 0. The smallest absolute Gasteiger partial charge is 0.262 e. The van der Waals surface area contributed by atoms with Gasteiger partial charge in [-0.2, -0.15) is 0 Å². The summed E-state index contributed by atoms with van der Waals surface area (Å²) in [7, 11) is 0. The molecule has 0 atom stereocenters. The van der Waals surface area contributed by atoms with Gasteiger partial charge in [0, 0.05) is 11.3 Å². The molecule has 1 N–H and O–H groups in total. The van der Waals surface area contributed by atoms with Gasteiger partial charge in [-0.3, -0.25) is 4.79 Å². The van der Waals surface area contributed by atoms with Crippen LogP contribution in [0.15, 0.2) is 48.5 Å². The fourth-order valence-corrected chi connectivity index (χ4v) is 3.81. The Kier molecular flexibility index (Phi) is 6.28. The molecule has 3 rings (SSSR count). The Morgan fingerprint density at radius 1 is 0.900 bits per heavy atom. The lowest BCUT2D eigenvalue weighted by Gasteiger charge is -2.17.